The number of aliphatic hydroxyl groups excluding tert-OH is 3. The van der Waals surface area contributed by atoms with E-state index in [2.05, 4.69) is 15.2 Å². The van der Waals surface area contributed by atoms with Crippen LogP contribution in [0.4, 0.5) is 17.2 Å². The molecular formula is C61H69N7O17. The van der Waals surface area contributed by atoms with Gasteiger partial charge in [0.15, 0.2) is 22.4 Å². The van der Waals surface area contributed by atoms with Gasteiger partial charge >= 0.3 is 23.6 Å². The van der Waals surface area contributed by atoms with Crippen LogP contribution < -0.4 is 35.8 Å². The summed E-state index contributed by atoms with van der Waals surface area (Å²) in [6.45, 7) is 16.5. The number of aromatic nitrogens is 3. The maximum Gasteiger partial charge on any atom is 0.414 e. The topological polar surface area (TPSA) is 310 Å². The first-order valence-corrected chi connectivity index (χ1v) is 28.1. The average Bonchev–Trinajstić information content (AvgIpc) is 1.77. The summed E-state index contributed by atoms with van der Waals surface area (Å²) in [5.41, 5.74) is 0.254. The van der Waals surface area contributed by atoms with Crippen LogP contribution in [0.15, 0.2) is 92.7 Å². The molecule has 1 saturated heterocycles. The third-order valence-corrected chi connectivity index (χ3v) is 16.8. The number of aliphatic hydroxyl groups is 3. The predicted octanol–water partition coefficient (Wildman–Crippen LogP) is 5.96. The molecule has 4 aliphatic heterocycles. The normalized spacial score (nSPS) is 27.4. The second-order valence-corrected chi connectivity index (χ2v) is 22.7. The molecule has 0 saturated carbocycles. The van der Waals surface area contributed by atoms with Crippen molar-refractivity contribution in [1.82, 2.24) is 19.4 Å². The number of phenolic OH excluding ortho intramolecular Hbond substituents is 1. The Bertz CT molecular complexity index is 3890. The van der Waals surface area contributed by atoms with Crippen molar-refractivity contribution in [3.63, 3.8) is 0 Å². The number of phenols is 1. The fraction of sp³-hybridized carbons (Fsp3) is 0.443. The molecule has 0 aliphatic carbocycles. The first kappa shape index (κ1) is 59.7. The highest BCUT2D eigenvalue weighted by Gasteiger charge is 2.44. The SMILES string of the molecule is CO[C@H]1/C=C/O[C@@]2(C)Oc3c(C)c(O)c4c(=O)c(c5oc6cc(N7CCN(Cc8ccc(COC9COc%10nc([N+](=O)[O-])cn%10C9)cc8)CC7)cc(=O)c6nc5c4c3=C2O)NC(=O)/C(C)=C\C=C\[C@H](C)[C@H](O)[C@@H](C)[C@@H](O)[C@@H](C)[C@H](OC(C)=O)[C@@H]1C. The van der Waals surface area contributed by atoms with Crippen molar-refractivity contribution in [1.29, 1.82) is 0 Å². The molecule has 5 N–H and O–H groups in total. The first-order valence-electron chi connectivity index (χ1n) is 28.1. The number of rotatable bonds is 9. The molecule has 10 rings (SSSR count). The Labute approximate surface area is 487 Å². The summed E-state index contributed by atoms with van der Waals surface area (Å²) >= 11 is 0. The van der Waals surface area contributed by atoms with Crippen LogP contribution in [0.1, 0.15) is 65.2 Å². The van der Waals surface area contributed by atoms with Crippen LogP contribution in [0.3, 0.4) is 0 Å². The maximum atomic E-state index is 15.1. The van der Waals surface area contributed by atoms with Gasteiger partial charge in [-0.05, 0) is 36.0 Å². The van der Waals surface area contributed by atoms with Crippen LogP contribution in [0.2, 0.25) is 0 Å². The van der Waals surface area contributed by atoms with E-state index in [1.165, 1.54) is 65.5 Å². The minimum Gasteiger partial charge on any atom is -0.507 e. The summed E-state index contributed by atoms with van der Waals surface area (Å²) in [5.74, 6) is -7.48. The van der Waals surface area contributed by atoms with E-state index in [0.29, 0.717) is 51.6 Å². The van der Waals surface area contributed by atoms with Crippen LogP contribution in [0.5, 0.6) is 17.5 Å². The van der Waals surface area contributed by atoms with E-state index < -0.39 is 98.7 Å². The van der Waals surface area contributed by atoms with Crippen LogP contribution in [0.25, 0.3) is 38.7 Å². The smallest absolute Gasteiger partial charge is 0.414 e. The van der Waals surface area contributed by atoms with E-state index in [0.717, 1.165) is 11.1 Å². The lowest BCUT2D eigenvalue weighted by molar-refractivity contribution is -0.389. The number of allylic oxidation sites excluding steroid dienone is 2. The fourth-order valence-electron chi connectivity index (χ4n) is 11.7. The molecule has 85 heavy (non-hydrogen) atoms. The second kappa shape index (κ2) is 23.9. The zero-order valence-electron chi connectivity index (χ0n) is 48.6. The summed E-state index contributed by atoms with van der Waals surface area (Å²) in [6.07, 6.45) is 4.42. The number of benzene rings is 4. The van der Waals surface area contributed by atoms with Crippen molar-refractivity contribution in [2.24, 2.45) is 23.7 Å². The van der Waals surface area contributed by atoms with Gasteiger partial charge in [0.25, 0.3) is 5.91 Å². The van der Waals surface area contributed by atoms with Gasteiger partial charge < -0.3 is 73.6 Å². The molecule has 4 aliphatic rings. The standard InChI is InChI=1S/C61H69N7O17/c1-30-11-10-12-31(2)59(76)64-50-54(74)46-45(47-56(35(6)53(46)73)85-61(8,58(47)75)82-22-17-42(79-9)32(3)55(83-36(7)69)34(5)52(72)33(4)51(30)71)49-57(50)84-43-24-39(23-41(70)48(43)63-49)66-20-18-65(19-21-66)25-37-13-15-38(16-14-37)28-80-40-26-67-27-44(68(77)78)62-60(67)81-29-40/h10-17,22-24,27,30,32-34,40,42,51-52,55,71-73,75H,18-21,25-26,28-29H2,1-9H3,(H,64,76)/b11-10+,22-17+,31-12-/t30-,32+,33+,34+,40?,42-,51-,52+,55+,61-/m0/s1. The van der Waals surface area contributed by atoms with E-state index in [-0.39, 0.29) is 79.6 Å². The maximum absolute atomic E-state index is 15.1. The minimum absolute atomic E-state index is 0.0135. The summed E-state index contributed by atoms with van der Waals surface area (Å²) in [5, 5.41) is 60.8. The van der Waals surface area contributed by atoms with Gasteiger partial charge in [0.1, 0.15) is 47.7 Å². The van der Waals surface area contributed by atoms with E-state index in [9.17, 15) is 44.9 Å². The molecule has 6 aromatic rings. The Morgan fingerprint density at radius 1 is 0.929 bits per heavy atom. The zero-order chi connectivity index (χ0) is 60.9. The van der Waals surface area contributed by atoms with Crippen molar-refractivity contribution >= 4 is 67.8 Å². The number of nitrogens with zero attached hydrogens (tertiary/aromatic N) is 6. The number of methoxy groups -OCH3 is 1. The largest absolute Gasteiger partial charge is 0.507 e. The molecule has 1 fully saturated rings. The fourth-order valence-corrected chi connectivity index (χ4v) is 11.7. The van der Waals surface area contributed by atoms with E-state index in [1.54, 1.807) is 50.5 Å². The number of esters is 1. The number of ether oxygens (including phenoxy) is 6. The number of fused-ring (bicyclic) bond motifs is 3. The van der Waals surface area contributed by atoms with Crippen molar-refractivity contribution in [3.8, 4) is 17.5 Å². The monoisotopic (exact) mass is 1170 g/mol. The van der Waals surface area contributed by atoms with Crippen molar-refractivity contribution in [2.45, 2.75) is 111 Å². The van der Waals surface area contributed by atoms with Crippen LogP contribution in [-0.4, -0.2) is 133 Å². The number of carbonyl (C=O) groups is 2. The third-order valence-electron chi connectivity index (χ3n) is 16.8. The molecule has 1 unspecified atom stereocenters. The summed E-state index contributed by atoms with van der Waals surface area (Å²) in [6, 6.07) is 11.3. The second-order valence-electron chi connectivity index (χ2n) is 22.7. The molecule has 24 nitrogen and oxygen atoms in total. The Morgan fingerprint density at radius 3 is 2.34 bits per heavy atom. The van der Waals surface area contributed by atoms with Gasteiger partial charge in [0.05, 0.1) is 48.3 Å². The number of hydrogen-bond acceptors (Lipinski definition) is 21. The Morgan fingerprint density at radius 2 is 1.65 bits per heavy atom. The third kappa shape index (κ3) is 11.6. The molecule has 6 heterocycles. The van der Waals surface area contributed by atoms with Crippen molar-refractivity contribution in [2.75, 3.05) is 50.1 Å². The molecule has 2 aromatic heterocycles. The Hall–Kier alpha value is -8.42. The number of imidazole rings is 1. The molecule has 4 bridgehead atoms. The zero-order valence-corrected chi connectivity index (χ0v) is 48.6. The lowest BCUT2D eigenvalue weighted by atomic mass is 9.78. The van der Waals surface area contributed by atoms with Gasteiger partial charge in [-0.15, -0.1) is 0 Å². The molecule has 0 spiro atoms. The van der Waals surface area contributed by atoms with Gasteiger partial charge in [-0.1, -0.05) is 70.2 Å². The number of amides is 1. The minimum atomic E-state index is -2.02. The number of piperazine rings is 1. The van der Waals surface area contributed by atoms with Crippen LogP contribution in [-0.2, 0) is 48.2 Å². The molecule has 0 radical (unpaired) electrons. The van der Waals surface area contributed by atoms with Gasteiger partial charge in [-0.3, -0.25) is 28.6 Å². The molecule has 10 atom stereocenters. The highest BCUT2D eigenvalue weighted by atomic mass is 16.7. The number of anilines is 2. The predicted molar refractivity (Wildman–Crippen MR) is 312 cm³/mol. The Balaban J connectivity index is 0.969. The van der Waals surface area contributed by atoms with E-state index in [1.807, 2.05) is 29.2 Å². The molecule has 1 amide bonds. The number of aromatic hydroxyl groups is 1. The Kier molecular flexibility index (Phi) is 16.8. The summed E-state index contributed by atoms with van der Waals surface area (Å²) in [7, 11) is 1.44. The lowest BCUT2D eigenvalue weighted by Crippen LogP contribution is -2.46. The highest BCUT2D eigenvalue weighted by Crippen LogP contribution is 2.43. The van der Waals surface area contributed by atoms with Crippen molar-refractivity contribution < 1.29 is 67.8 Å². The summed E-state index contributed by atoms with van der Waals surface area (Å²) < 4.78 is 43.9. The van der Waals surface area contributed by atoms with Crippen LogP contribution in [0, 0.1) is 40.7 Å². The molecule has 450 valence electrons. The van der Waals surface area contributed by atoms with Crippen LogP contribution >= 0.6 is 0 Å². The number of carbonyl (C=O) groups excluding carboxylic acids is 2. The first-order chi connectivity index (χ1) is 40.5. The number of hydrogen-bond donors (Lipinski definition) is 5. The lowest BCUT2D eigenvalue weighted by Gasteiger charge is -2.38. The number of nitrogens with one attached hydrogen (secondary N) is 1. The quantitative estimate of drug-likeness (QED) is 0.0366. The summed E-state index contributed by atoms with van der Waals surface area (Å²) in [4.78, 5) is 79.8. The highest BCUT2D eigenvalue weighted by molar-refractivity contribution is 6.17. The average molecular weight is 1170 g/mol. The van der Waals surface area contributed by atoms with Gasteiger partial charge in [0.2, 0.25) is 10.9 Å². The van der Waals surface area contributed by atoms with Crippen molar-refractivity contribution in [3.05, 3.63) is 131 Å². The van der Waals surface area contributed by atoms with Gasteiger partial charge in [-0.2, -0.15) is 0 Å². The molecular weight excluding hydrogens is 1100 g/mol. The van der Waals surface area contributed by atoms with Gasteiger partial charge in [-0.25, -0.2) is 4.98 Å². The molecule has 24 heteroatoms. The number of nitro groups is 1. The molecule has 4 aromatic carbocycles. The van der Waals surface area contributed by atoms with E-state index >= 15 is 4.79 Å². The van der Waals surface area contributed by atoms with E-state index in [4.69, 9.17) is 37.8 Å². The van der Waals surface area contributed by atoms with Gasteiger partial charge in [0, 0.05) is 117 Å².